The van der Waals surface area contributed by atoms with Crippen LogP contribution in [0.15, 0.2) is 63.8 Å². The number of aromatic nitrogens is 1. The van der Waals surface area contributed by atoms with Crippen LogP contribution in [0, 0.1) is 0 Å². The number of furan rings is 1. The molecule has 3 rings (SSSR count). The van der Waals surface area contributed by atoms with E-state index in [9.17, 15) is 4.79 Å². The Balaban J connectivity index is 1.55. The van der Waals surface area contributed by atoms with Crippen molar-refractivity contribution in [1.82, 2.24) is 4.98 Å². The van der Waals surface area contributed by atoms with Gasteiger partial charge < -0.3 is 9.15 Å². The third kappa shape index (κ3) is 4.40. The molecule has 0 saturated carbocycles. The fourth-order valence-corrected chi connectivity index (χ4v) is 3.00. The van der Waals surface area contributed by atoms with E-state index in [4.69, 9.17) is 9.15 Å². The molecule has 0 aliphatic heterocycles. The second-order valence-corrected chi connectivity index (χ2v) is 6.48. The van der Waals surface area contributed by atoms with E-state index in [2.05, 4.69) is 20.9 Å². The van der Waals surface area contributed by atoms with Crippen molar-refractivity contribution in [3.63, 3.8) is 0 Å². The molecule has 2 aromatic heterocycles. The van der Waals surface area contributed by atoms with Crippen molar-refractivity contribution >= 4 is 39.3 Å². The highest BCUT2D eigenvalue weighted by atomic mass is 79.9. The van der Waals surface area contributed by atoms with Crippen molar-refractivity contribution in [1.29, 1.82) is 0 Å². The van der Waals surface area contributed by atoms with Crippen molar-refractivity contribution in [3.05, 3.63) is 70.0 Å². The molecule has 0 spiro atoms. The monoisotopic (exact) mass is 389 g/mol. The minimum atomic E-state index is -0.424. The summed E-state index contributed by atoms with van der Waals surface area (Å²) in [5.41, 5.74) is 1.05. The topological polar surface area (TPSA) is 52.3 Å². The number of carbonyl (C=O) groups is 1. The smallest absolute Gasteiger partial charge is 0.331 e. The summed E-state index contributed by atoms with van der Waals surface area (Å²) in [4.78, 5) is 16.9. The summed E-state index contributed by atoms with van der Waals surface area (Å²) >= 11 is 4.71. The van der Waals surface area contributed by atoms with Crippen molar-refractivity contribution in [2.24, 2.45) is 0 Å². The van der Waals surface area contributed by atoms with Crippen LogP contribution in [0.2, 0.25) is 0 Å². The van der Waals surface area contributed by atoms with Gasteiger partial charge >= 0.3 is 5.97 Å². The molecule has 0 bridgehead atoms. The first kappa shape index (κ1) is 15.7. The number of rotatable bonds is 5. The van der Waals surface area contributed by atoms with Crippen LogP contribution in [0.3, 0.4) is 0 Å². The zero-order valence-corrected chi connectivity index (χ0v) is 14.3. The molecular formula is C17H12BrNO3S. The molecule has 0 aliphatic rings. The Labute approximate surface area is 145 Å². The average molecular weight is 390 g/mol. The summed E-state index contributed by atoms with van der Waals surface area (Å²) in [6.07, 6.45) is 4.63. The molecule has 0 aliphatic carbocycles. The summed E-state index contributed by atoms with van der Waals surface area (Å²) < 4.78 is 11.1. The zero-order valence-electron chi connectivity index (χ0n) is 11.9. The minimum absolute atomic E-state index is 0.204. The van der Waals surface area contributed by atoms with Gasteiger partial charge in [-0.2, -0.15) is 0 Å². The Kier molecular flexibility index (Phi) is 5.05. The quantitative estimate of drug-likeness (QED) is 0.458. The lowest BCUT2D eigenvalue weighted by molar-refractivity contribution is -0.138. The molecule has 0 unspecified atom stereocenters. The van der Waals surface area contributed by atoms with Crippen molar-refractivity contribution in [3.8, 4) is 10.6 Å². The van der Waals surface area contributed by atoms with Crippen molar-refractivity contribution < 1.29 is 13.9 Å². The summed E-state index contributed by atoms with van der Waals surface area (Å²) in [5.74, 6) is 0.158. The number of esters is 1. The van der Waals surface area contributed by atoms with Crippen LogP contribution < -0.4 is 0 Å². The lowest BCUT2D eigenvalue weighted by atomic mass is 10.2. The lowest BCUT2D eigenvalue weighted by Crippen LogP contribution is -1.99. The second kappa shape index (κ2) is 7.39. The first-order chi connectivity index (χ1) is 11.2. The third-order valence-electron chi connectivity index (χ3n) is 2.91. The maximum Gasteiger partial charge on any atom is 0.331 e. The van der Waals surface area contributed by atoms with Crippen molar-refractivity contribution in [2.75, 3.05) is 0 Å². The predicted octanol–water partition coefficient (Wildman–Crippen LogP) is 4.92. The van der Waals surface area contributed by atoms with Gasteiger partial charge in [0, 0.05) is 17.8 Å². The minimum Gasteiger partial charge on any atom is -0.457 e. The number of benzene rings is 1. The van der Waals surface area contributed by atoms with E-state index in [-0.39, 0.29) is 6.61 Å². The Morgan fingerprint density at radius 1 is 1.26 bits per heavy atom. The number of nitrogens with zero attached hydrogens (tertiary/aromatic N) is 1. The fraction of sp³-hybridized carbons (Fsp3) is 0.0588. The van der Waals surface area contributed by atoms with Gasteiger partial charge in [-0.05, 0) is 34.1 Å². The van der Waals surface area contributed by atoms with E-state index >= 15 is 0 Å². The van der Waals surface area contributed by atoms with E-state index in [1.165, 1.54) is 17.4 Å². The number of carbonyl (C=O) groups excluding carboxylic acids is 1. The maximum absolute atomic E-state index is 11.7. The van der Waals surface area contributed by atoms with Gasteiger partial charge in [0.1, 0.15) is 17.4 Å². The first-order valence-corrected chi connectivity index (χ1v) is 8.42. The molecule has 3 aromatic rings. The van der Waals surface area contributed by atoms with Gasteiger partial charge in [-0.15, -0.1) is 11.3 Å². The number of hydrogen-bond acceptors (Lipinski definition) is 5. The number of hydrogen-bond donors (Lipinski definition) is 0. The Hall–Kier alpha value is -2.18. The fourth-order valence-electron chi connectivity index (χ4n) is 1.85. The normalized spacial score (nSPS) is 11.0. The highest BCUT2D eigenvalue weighted by Crippen LogP contribution is 2.25. The third-order valence-corrected chi connectivity index (χ3v) is 4.35. The summed E-state index contributed by atoms with van der Waals surface area (Å²) in [6.45, 7) is 0.204. The lowest BCUT2D eigenvalue weighted by Gasteiger charge is -1.98. The van der Waals surface area contributed by atoms with E-state index in [0.717, 1.165) is 15.4 Å². The maximum atomic E-state index is 11.7. The predicted molar refractivity (Wildman–Crippen MR) is 92.8 cm³/mol. The molecule has 0 N–H and O–H groups in total. The summed E-state index contributed by atoms with van der Waals surface area (Å²) in [6, 6.07) is 13.4. The molecule has 4 nitrogen and oxygen atoms in total. The highest BCUT2D eigenvalue weighted by molar-refractivity contribution is 9.10. The standard InChI is InChI=1S/C17H12BrNO3S/c18-15-8-6-13(22-15)7-9-16(20)21-11-14-10-19-17(23-14)12-4-2-1-3-5-12/h1-10H,11H2/b9-7+. The van der Waals surface area contributed by atoms with E-state index in [1.807, 2.05) is 30.3 Å². The molecular weight excluding hydrogens is 378 g/mol. The Morgan fingerprint density at radius 3 is 2.83 bits per heavy atom. The van der Waals surface area contributed by atoms with E-state index < -0.39 is 5.97 Å². The van der Waals surface area contributed by atoms with Gasteiger partial charge in [0.15, 0.2) is 4.67 Å². The molecule has 0 atom stereocenters. The van der Waals surface area contributed by atoms with Crippen LogP contribution in [0.4, 0.5) is 0 Å². The highest BCUT2D eigenvalue weighted by Gasteiger charge is 2.06. The van der Waals surface area contributed by atoms with Crippen LogP contribution in [0.5, 0.6) is 0 Å². The molecule has 6 heteroatoms. The number of ether oxygens (including phenoxy) is 1. The molecule has 0 saturated heterocycles. The molecule has 2 heterocycles. The van der Waals surface area contributed by atoms with Crippen LogP contribution in [-0.2, 0) is 16.1 Å². The van der Waals surface area contributed by atoms with Crippen LogP contribution in [0.1, 0.15) is 10.6 Å². The number of thiazole rings is 1. The van der Waals surface area contributed by atoms with Crippen molar-refractivity contribution in [2.45, 2.75) is 6.61 Å². The van der Waals surface area contributed by atoms with Gasteiger partial charge in [-0.25, -0.2) is 9.78 Å². The summed E-state index contributed by atoms with van der Waals surface area (Å²) in [5, 5.41) is 0.910. The first-order valence-electron chi connectivity index (χ1n) is 6.81. The van der Waals surface area contributed by atoms with Crippen LogP contribution in [0.25, 0.3) is 16.6 Å². The molecule has 23 heavy (non-hydrogen) atoms. The van der Waals surface area contributed by atoms with Gasteiger partial charge in [0.2, 0.25) is 0 Å². The molecule has 0 radical (unpaired) electrons. The molecule has 116 valence electrons. The molecule has 0 amide bonds. The van der Waals surface area contributed by atoms with Gasteiger partial charge in [0.05, 0.1) is 4.88 Å². The van der Waals surface area contributed by atoms with Crippen LogP contribution in [-0.4, -0.2) is 11.0 Å². The SMILES string of the molecule is O=C(/C=C/c1ccc(Br)o1)OCc1cnc(-c2ccccc2)s1. The summed E-state index contributed by atoms with van der Waals surface area (Å²) in [7, 11) is 0. The molecule has 0 fully saturated rings. The average Bonchev–Trinajstić information content (AvgIpc) is 3.21. The second-order valence-electron chi connectivity index (χ2n) is 4.58. The zero-order chi connectivity index (χ0) is 16.1. The van der Waals surface area contributed by atoms with Gasteiger partial charge in [0.25, 0.3) is 0 Å². The Morgan fingerprint density at radius 2 is 2.09 bits per heavy atom. The van der Waals surface area contributed by atoms with Gasteiger partial charge in [-0.3, -0.25) is 0 Å². The Bertz CT molecular complexity index is 823. The van der Waals surface area contributed by atoms with E-state index in [0.29, 0.717) is 10.4 Å². The molecule has 1 aromatic carbocycles. The largest absolute Gasteiger partial charge is 0.457 e. The van der Waals surface area contributed by atoms with Gasteiger partial charge in [-0.1, -0.05) is 30.3 Å². The number of halogens is 1. The van der Waals surface area contributed by atoms with Crippen LogP contribution >= 0.6 is 27.3 Å². The van der Waals surface area contributed by atoms with E-state index in [1.54, 1.807) is 24.4 Å².